The highest BCUT2D eigenvalue weighted by Crippen LogP contribution is 2.29. The van der Waals surface area contributed by atoms with Gasteiger partial charge >= 0.3 is 5.97 Å². The fourth-order valence-electron chi connectivity index (χ4n) is 3.23. The van der Waals surface area contributed by atoms with Crippen molar-refractivity contribution in [2.75, 3.05) is 0 Å². The molecule has 1 amide bonds. The molecule has 1 aromatic carbocycles. The zero-order valence-corrected chi connectivity index (χ0v) is 12.6. The largest absolute Gasteiger partial charge is 0.480 e. The van der Waals surface area contributed by atoms with Crippen LogP contribution in [0.15, 0.2) is 41.3 Å². The SMILES string of the molecule is O=C(Cn1ccc(=O)c2ccccc21)NC1(C(=O)O)CCCC1. The first-order valence-corrected chi connectivity index (χ1v) is 7.64. The molecule has 23 heavy (non-hydrogen) atoms. The summed E-state index contributed by atoms with van der Waals surface area (Å²) in [4.78, 5) is 35.7. The van der Waals surface area contributed by atoms with E-state index in [0.717, 1.165) is 12.8 Å². The highest BCUT2D eigenvalue weighted by molar-refractivity contribution is 5.88. The predicted molar refractivity (Wildman–Crippen MR) is 85.2 cm³/mol. The lowest BCUT2D eigenvalue weighted by atomic mass is 9.98. The number of carboxylic acids is 1. The van der Waals surface area contributed by atoms with Gasteiger partial charge < -0.3 is 15.0 Å². The van der Waals surface area contributed by atoms with E-state index in [0.29, 0.717) is 23.7 Å². The van der Waals surface area contributed by atoms with Crippen molar-refractivity contribution in [2.24, 2.45) is 0 Å². The topological polar surface area (TPSA) is 88.4 Å². The van der Waals surface area contributed by atoms with Crippen LogP contribution in [0, 0.1) is 0 Å². The van der Waals surface area contributed by atoms with Crippen LogP contribution in [0.25, 0.3) is 10.9 Å². The van der Waals surface area contributed by atoms with E-state index in [4.69, 9.17) is 0 Å². The molecule has 0 spiro atoms. The molecule has 1 aliphatic carbocycles. The number of pyridine rings is 1. The summed E-state index contributed by atoms with van der Waals surface area (Å²) in [6.07, 6.45) is 4.07. The van der Waals surface area contributed by atoms with Crippen LogP contribution < -0.4 is 10.7 Å². The van der Waals surface area contributed by atoms with Crippen molar-refractivity contribution in [3.8, 4) is 0 Å². The molecule has 1 fully saturated rings. The molecule has 0 bridgehead atoms. The fourth-order valence-corrected chi connectivity index (χ4v) is 3.23. The number of nitrogens with one attached hydrogen (secondary N) is 1. The van der Waals surface area contributed by atoms with E-state index in [2.05, 4.69) is 5.32 Å². The third-order valence-corrected chi connectivity index (χ3v) is 4.44. The Kier molecular flexibility index (Phi) is 3.90. The maximum Gasteiger partial charge on any atom is 0.329 e. The van der Waals surface area contributed by atoms with Crippen molar-refractivity contribution in [2.45, 2.75) is 37.8 Å². The van der Waals surface area contributed by atoms with Crippen molar-refractivity contribution >= 4 is 22.8 Å². The average molecular weight is 314 g/mol. The molecule has 1 aliphatic rings. The van der Waals surface area contributed by atoms with E-state index in [9.17, 15) is 19.5 Å². The summed E-state index contributed by atoms with van der Waals surface area (Å²) in [5.41, 5.74) is -0.590. The Hall–Kier alpha value is -2.63. The van der Waals surface area contributed by atoms with Crippen molar-refractivity contribution in [3.05, 3.63) is 46.8 Å². The van der Waals surface area contributed by atoms with Gasteiger partial charge in [-0.25, -0.2) is 4.79 Å². The summed E-state index contributed by atoms with van der Waals surface area (Å²) in [6, 6.07) is 8.46. The van der Waals surface area contributed by atoms with Gasteiger partial charge in [-0.05, 0) is 25.0 Å². The summed E-state index contributed by atoms with van der Waals surface area (Å²) in [7, 11) is 0. The number of carboxylic acid groups (broad SMARTS) is 1. The molecule has 2 N–H and O–H groups in total. The number of carbonyl (C=O) groups is 2. The monoisotopic (exact) mass is 314 g/mol. The molecule has 0 radical (unpaired) electrons. The van der Waals surface area contributed by atoms with E-state index < -0.39 is 11.5 Å². The molecule has 1 saturated carbocycles. The predicted octanol–water partition coefficient (Wildman–Crippen LogP) is 1.52. The number of aromatic nitrogens is 1. The number of para-hydroxylation sites is 1. The van der Waals surface area contributed by atoms with Gasteiger partial charge in [0.2, 0.25) is 5.91 Å². The highest BCUT2D eigenvalue weighted by Gasteiger charge is 2.42. The molecule has 2 aromatic rings. The second-order valence-corrected chi connectivity index (χ2v) is 5.97. The van der Waals surface area contributed by atoms with Gasteiger partial charge in [-0.15, -0.1) is 0 Å². The first-order valence-electron chi connectivity index (χ1n) is 7.64. The molecule has 1 aromatic heterocycles. The first kappa shape index (κ1) is 15.3. The zero-order chi connectivity index (χ0) is 16.4. The van der Waals surface area contributed by atoms with E-state index in [1.54, 1.807) is 35.0 Å². The van der Waals surface area contributed by atoms with Gasteiger partial charge in [0.05, 0.1) is 5.52 Å². The highest BCUT2D eigenvalue weighted by atomic mass is 16.4. The van der Waals surface area contributed by atoms with Gasteiger partial charge in [-0.3, -0.25) is 9.59 Å². The van der Waals surface area contributed by atoms with E-state index in [1.165, 1.54) is 6.07 Å². The Bertz CT molecular complexity index is 819. The van der Waals surface area contributed by atoms with Crippen LogP contribution in [-0.4, -0.2) is 27.1 Å². The number of hydrogen-bond donors (Lipinski definition) is 2. The van der Waals surface area contributed by atoms with Gasteiger partial charge in [0.25, 0.3) is 0 Å². The molecule has 0 atom stereocenters. The van der Waals surface area contributed by atoms with Crippen LogP contribution in [0.4, 0.5) is 0 Å². The number of fused-ring (bicyclic) bond motifs is 1. The van der Waals surface area contributed by atoms with Gasteiger partial charge in [0, 0.05) is 17.6 Å². The Morgan fingerprint density at radius 2 is 1.87 bits per heavy atom. The standard InChI is InChI=1S/C17H18N2O4/c20-14-7-10-19(13-6-2-1-5-12(13)14)11-15(21)18-17(16(22)23)8-3-4-9-17/h1-2,5-7,10H,3-4,8-9,11H2,(H,18,21)(H,22,23). The maximum absolute atomic E-state index is 12.3. The normalized spacial score (nSPS) is 16.3. The minimum absolute atomic E-state index is 0.0180. The van der Waals surface area contributed by atoms with Gasteiger partial charge in [-0.1, -0.05) is 25.0 Å². The Morgan fingerprint density at radius 1 is 1.17 bits per heavy atom. The van der Waals surface area contributed by atoms with E-state index in [1.807, 2.05) is 0 Å². The Labute approximate surface area is 132 Å². The lowest BCUT2D eigenvalue weighted by Crippen LogP contribution is -2.53. The lowest BCUT2D eigenvalue weighted by molar-refractivity contribution is -0.147. The zero-order valence-electron chi connectivity index (χ0n) is 12.6. The number of carbonyl (C=O) groups excluding carboxylic acids is 1. The molecule has 0 aliphatic heterocycles. The molecule has 6 heteroatoms. The molecule has 6 nitrogen and oxygen atoms in total. The van der Waals surface area contributed by atoms with Crippen LogP contribution in [-0.2, 0) is 16.1 Å². The molecule has 0 unspecified atom stereocenters. The Balaban J connectivity index is 1.85. The maximum atomic E-state index is 12.3. The number of amides is 1. The van der Waals surface area contributed by atoms with Crippen molar-refractivity contribution in [3.63, 3.8) is 0 Å². The van der Waals surface area contributed by atoms with Crippen molar-refractivity contribution < 1.29 is 14.7 Å². The second kappa shape index (κ2) is 5.87. The van der Waals surface area contributed by atoms with Crippen molar-refractivity contribution in [1.82, 2.24) is 9.88 Å². The van der Waals surface area contributed by atoms with E-state index >= 15 is 0 Å². The smallest absolute Gasteiger partial charge is 0.329 e. The Morgan fingerprint density at radius 3 is 2.57 bits per heavy atom. The molecular weight excluding hydrogens is 296 g/mol. The summed E-state index contributed by atoms with van der Waals surface area (Å²) >= 11 is 0. The minimum Gasteiger partial charge on any atom is -0.480 e. The van der Waals surface area contributed by atoms with Crippen LogP contribution in [0.2, 0.25) is 0 Å². The number of nitrogens with zero attached hydrogens (tertiary/aromatic N) is 1. The van der Waals surface area contributed by atoms with Crippen LogP contribution in [0.3, 0.4) is 0 Å². The number of benzene rings is 1. The van der Waals surface area contributed by atoms with Crippen LogP contribution >= 0.6 is 0 Å². The summed E-state index contributed by atoms with van der Waals surface area (Å²) in [5, 5.41) is 12.6. The summed E-state index contributed by atoms with van der Waals surface area (Å²) in [5.74, 6) is -1.34. The van der Waals surface area contributed by atoms with Crippen molar-refractivity contribution in [1.29, 1.82) is 0 Å². The number of rotatable bonds is 4. The van der Waals surface area contributed by atoms with E-state index in [-0.39, 0.29) is 17.9 Å². The van der Waals surface area contributed by atoms with Crippen LogP contribution in [0.1, 0.15) is 25.7 Å². The molecule has 0 saturated heterocycles. The van der Waals surface area contributed by atoms with Gasteiger partial charge in [0.15, 0.2) is 5.43 Å². The summed E-state index contributed by atoms with van der Waals surface area (Å²) in [6.45, 7) is -0.0180. The molecule has 120 valence electrons. The third-order valence-electron chi connectivity index (χ3n) is 4.44. The molecular formula is C17H18N2O4. The van der Waals surface area contributed by atoms with Crippen LogP contribution in [0.5, 0.6) is 0 Å². The lowest BCUT2D eigenvalue weighted by Gasteiger charge is -2.25. The summed E-state index contributed by atoms with van der Waals surface area (Å²) < 4.78 is 1.66. The van der Waals surface area contributed by atoms with Gasteiger partial charge in [0.1, 0.15) is 12.1 Å². The van der Waals surface area contributed by atoms with Gasteiger partial charge in [-0.2, -0.15) is 0 Å². The fraction of sp³-hybridized carbons (Fsp3) is 0.353. The average Bonchev–Trinajstić information content (AvgIpc) is 3.00. The number of hydrogen-bond acceptors (Lipinski definition) is 3. The first-order chi connectivity index (χ1) is 11.0. The second-order valence-electron chi connectivity index (χ2n) is 5.97. The quantitative estimate of drug-likeness (QED) is 0.895. The molecule has 3 rings (SSSR count). The third kappa shape index (κ3) is 2.84. The molecule has 1 heterocycles. The number of aliphatic carboxylic acids is 1. The minimum atomic E-state index is -1.15.